The number of nitrogens with one attached hydrogen (secondary N) is 1. The van der Waals surface area contributed by atoms with Crippen LogP contribution in [0.5, 0.6) is 5.75 Å². The molecule has 2 unspecified atom stereocenters. The van der Waals surface area contributed by atoms with Crippen molar-refractivity contribution in [3.05, 3.63) is 29.8 Å². The van der Waals surface area contributed by atoms with Crippen molar-refractivity contribution in [2.24, 2.45) is 5.41 Å². The number of benzene rings is 1. The molecule has 1 aliphatic rings. The Labute approximate surface area is 132 Å². The third-order valence-electron chi connectivity index (χ3n) is 3.86. The van der Waals surface area contributed by atoms with Gasteiger partial charge in [0, 0.05) is 6.54 Å². The molecule has 22 heavy (non-hydrogen) atoms. The lowest BCUT2D eigenvalue weighted by Gasteiger charge is -2.42. The Morgan fingerprint density at radius 1 is 1.41 bits per heavy atom. The van der Waals surface area contributed by atoms with Gasteiger partial charge in [0.05, 0.1) is 19.7 Å². The standard InChI is InChI=1S/C17H26N2O3/c1-17(2,3)9-14-16(21)18-10-15(20)19(14)11-12-6-5-7-13(8-12)22-4/h5-8,14,16,18,21H,9-11H2,1-4H3. The van der Waals surface area contributed by atoms with Crippen LogP contribution >= 0.6 is 0 Å². The lowest BCUT2D eigenvalue weighted by molar-refractivity contribution is -0.144. The fourth-order valence-electron chi connectivity index (χ4n) is 2.81. The molecular weight excluding hydrogens is 280 g/mol. The van der Waals surface area contributed by atoms with E-state index in [1.54, 1.807) is 12.0 Å². The average Bonchev–Trinajstić information content (AvgIpc) is 2.45. The van der Waals surface area contributed by atoms with Crippen LogP contribution in [-0.4, -0.2) is 41.8 Å². The van der Waals surface area contributed by atoms with E-state index in [0.717, 1.165) is 17.7 Å². The smallest absolute Gasteiger partial charge is 0.237 e. The van der Waals surface area contributed by atoms with Gasteiger partial charge in [0.15, 0.2) is 0 Å². The molecule has 0 aromatic heterocycles. The maximum atomic E-state index is 12.3. The summed E-state index contributed by atoms with van der Waals surface area (Å²) in [5.41, 5.74) is 1.03. The van der Waals surface area contributed by atoms with Crippen molar-refractivity contribution in [3.8, 4) is 5.75 Å². The van der Waals surface area contributed by atoms with E-state index >= 15 is 0 Å². The van der Waals surface area contributed by atoms with Crippen LogP contribution in [0.25, 0.3) is 0 Å². The van der Waals surface area contributed by atoms with E-state index in [4.69, 9.17) is 4.74 Å². The first kappa shape index (κ1) is 16.8. The minimum absolute atomic E-state index is 0.0161. The molecule has 1 amide bonds. The Hall–Kier alpha value is -1.59. The second kappa shape index (κ2) is 6.67. The van der Waals surface area contributed by atoms with Gasteiger partial charge in [0.25, 0.3) is 0 Å². The van der Waals surface area contributed by atoms with Crippen molar-refractivity contribution in [3.63, 3.8) is 0 Å². The Bertz CT molecular complexity index is 525. The summed E-state index contributed by atoms with van der Waals surface area (Å²) >= 11 is 0. The van der Waals surface area contributed by atoms with E-state index in [-0.39, 0.29) is 23.9 Å². The highest BCUT2D eigenvalue weighted by Crippen LogP contribution is 2.28. The summed E-state index contributed by atoms with van der Waals surface area (Å²) in [6.07, 6.45) is 0.0409. The zero-order valence-electron chi connectivity index (χ0n) is 13.8. The summed E-state index contributed by atoms with van der Waals surface area (Å²) in [4.78, 5) is 14.1. The Balaban J connectivity index is 2.20. The van der Waals surface area contributed by atoms with Gasteiger partial charge in [-0.2, -0.15) is 0 Å². The average molecular weight is 306 g/mol. The summed E-state index contributed by atoms with van der Waals surface area (Å²) in [6.45, 7) is 6.99. The first-order chi connectivity index (χ1) is 10.3. The van der Waals surface area contributed by atoms with Crippen LogP contribution in [-0.2, 0) is 11.3 Å². The van der Waals surface area contributed by atoms with Crippen molar-refractivity contribution in [2.75, 3.05) is 13.7 Å². The van der Waals surface area contributed by atoms with Crippen LogP contribution in [0.15, 0.2) is 24.3 Å². The third-order valence-corrected chi connectivity index (χ3v) is 3.86. The number of carbonyl (C=O) groups is 1. The Morgan fingerprint density at radius 3 is 2.77 bits per heavy atom. The molecule has 2 atom stereocenters. The number of piperazine rings is 1. The van der Waals surface area contributed by atoms with Crippen molar-refractivity contribution in [1.29, 1.82) is 0 Å². The fourth-order valence-corrected chi connectivity index (χ4v) is 2.81. The lowest BCUT2D eigenvalue weighted by Crippen LogP contribution is -2.61. The summed E-state index contributed by atoms with van der Waals surface area (Å²) in [7, 11) is 1.63. The highest BCUT2D eigenvalue weighted by molar-refractivity contribution is 5.79. The van der Waals surface area contributed by atoms with E-state index < -0.39 is 6.23 Å². The summed E-state index contributed by atoms with van der Waals surface area (Å²) < 4.78 is 5.23. The number of aliphatic hydroxyl groups is 1. The number of hydrogen-bond acceptors (Lipinski definition) is 4. The van der Waals surface area contributed by atoms with Gasteiger partial charge in [-0.1, -0.05) is 32.9 Å². The van der Waals surface area contributed by atoms with Gasteiger partial charge < -0.3 is 14.7 Å². The highest BCUT2D eigenvalue weighted by Gasteiger charge is 2.36. The number of aliphatic hydroxyl groups excluding tert-OH is 1. The van der Waals surface area contributed by atoms with Gasteiger partial charge >= 0.3 is 0 Å². The molecule has 1 heterocycles. The van der Waals surface area contributed by atoms with Gasteiger partial charge in [0.2, 0.25) is 5.91 Å². The van der Waals surface area contributed by atoms with Crippen LogP contribution in [0.3, 0.4) is 0 Å². The molecule has 0 saturated carbocycles. The van der Waals surface area contributed by atoms with Gasteiger partial charge in [-0.3, -0.25) is 10.1 Å². The molecule has 1 saturated heterocycles. The molecule has 5 nitrogen and oxygen atoms in total. The largest absolute Gasteiger partial charge is 0.497 e. The molecule has 1 fully saturated rings. The van der Waals surface area contributed by atoms with E-state index in [0.29, 0.717) is 6.54 Å². The van der Waals surface area contributed by atoms with E-state index in [1.807, 2.05) is 24.3 Å². The number of hydrogen-bond donors (Lipinski definition) is 2. The number of ether oxygens (including phenoxy) is 1. The SMILES string of the molecule is COc1cccc(CN2C(=O)CNC(O)C2CC(C)(C)C)c1. The zero-order chi connectivity index (χ0) is 16.3. The highest BCUT2D eigenvalue weighted by atomic mass is 16.5. The predicted octanol–water partition coefficient (Wildman–Crippen LogP) is 1.75. The topological polar surface area (TPSA) is 61.8 Å². The lowest BCUT2D eigenvalue weighted by atomic mass is 9.86. The summed E-state index contributed by atoms with van der Waals surface area (Å²) in [6, 6.07) is 7.46. The fraction of sp³-hybridized carbons (Fsp3) is 0.588. The molecule has 5 heteroatoms. The van der Waals surface area contributed by atoms with Crippen LogP contribution in [0.4, 0.5) is 0 Å². The van der Waals surface area contributed by atoms with Crippen LogP contribution in [0.2, 0.25) is 0 Å². The zero-order valence-corrected chi connectivity index (χ0v) is 13.8. The molecule has 0 spiro atoms. The molecule has 2 rings (SSSR count). The maximum Gasteiger partial charge on any atom is 0.237 e. The molecule has 2 N–H and O–H groups in total. The Kier molecular flexibility index (Phi) is 5.08. The van der Waals surface area contributed by atoms with Crippen LogP contribution < -0.4 is 10.1 Å². The molecule has 1 aliphatic heterocycles. The first-order valence-electron chi connectivity index (χ1n) is 7.64. The second-order valence-electron chi connectivity index (χ2n) is 7.03. The second-order valence-corrected chi connectivity index (χ2v) is 7.03. The minimum Gasteiger partial charge on any atom is -0.497 e. The number of amides is 1. The minimum atomic E-state index is -0.692. The van der Waals surface area contributed by atoms with Gasteiger partial charge in [-0.15, -0.1) is 0 Å². The summed E-state index contributed by atoms with van der Waals surface area (Å²) in [5.74, 6) is 0.787. The van der Waals surface area contributed by atoms with E-state index in [9.17, 15) is 9.90 Å². The van der Waals surface area contributed by atoms with Crippen LogP contribution in [0, 0.1) is 5.41 Å². The number of nitrogens with zero attached hydrogens (tertiary/aromatic N) is 1. The van der Waals surface area contributed by atoms with E-state index in [1.165, 1.54) is 0 Å². The van der Waals surface area contributed by atoms with E-state index in [2.05, 4.69) is 26.1 Å². The van der Waals surface area contributed by atoms with Crippen molar-refractivity contribution in [1.82, 2.24) is 10.2 Å². The van der Waals surface area contributed by atoms with Crippen molar-refractivity contribution in [2.45, 2.75) is 46.0 Å². The number of methoxy groups -OCH3 is 1. The molecule has 122 valence electrons. The molecule has 1 aromatic rings. The van der Waals surface area contributed by atoms with Gasteiger partial charge in [-0.05, 0) is 29.5 Å². The maximum absolute atomic E-state index is 12.3. The van der Waals surface area contributed by atoms with Crippen molar-refractivity contribution < 1.29 is 14.6 Å². The molecule has 1 aromatic carbocycles. The Morgan fingerprint density at radius 2 is 2.14 bits per heavy atom. The first-order valence-corrected chi connectivity index (χ1v) is 7.64. The molecule has 0 aliphatic carbocycles. The normalized spacial score (nSPS) is 22.8. The summed E-state index contributed by atoms with van der Waals surface area (Å²) in [5, 5.41) is 13.2. The molecule has 0 radical (unpaired) electrons. The van der Waals surface area contributed by atoms with Crippen molar-refractivity contribution >= 4 is 5.91 Å². The monoisotopic (exact) mass is 306 g/mol. The van der Waals surface area contributed by atoms with Crippen LogP contribution in [0.1, 0.15) is 32.8 Å². The molecule has 0 bridgehead atoms. The number of carbonyl (C=O) groups excluding carboxylic acids is 1. The number of rotatable bonds is 4. The predicted molar refractivity (Wildman–Crippen MR) is 85.4 cm³/mol. The quantitative estimate of drug-likeness (QED) is 0.890. The van der Waals surface area contributed by atoms with Gasteiger partial charge in [-0.25, -0.2) is 0 Å². The third kappa shape index (κ3) is 4.21. The molecular formula is C17H26N2O3. The van der Waals surface area contributed by atoms with Gasteiger partial charge in [0.1, 0.15) is 12.0 Å².